The molecular formula is C21H21N3O4. The van der Waals surface area contributed by atoms with Crippen LogP contribution in [0.5, 0.6) is 0 Å². The average molecular weight is 379 g/mol. The molecule has 2 heterocycles. The molecule has 2 aromatic heterocycles. The van der Waals surface area contributed by atoms with Gasteiger partial charge in [0.25, 0.3) is 5.91 Å². The van der Waals surface area contributed by atoms with Crippen LogP contribution in [-0.2, 0) is 22.4 Å². The number of hydrogen-bond donors (Lipinski definition) is 1. The maximum absolute atomic E-state index is 12.9. The molecule has 0 unspecified atom stereocenters. The Labute approximate surface area is 162 Å². The van der Waals surface area contributed by atoms with Gasteiger partial charge in [0, 0.05) is 17.1 Å². The molecule has 0 radical (unpaired) electrons. The van der Waals surface area contributed by atoms with Gasteiger partial charge < -0.3 is 14.6 Å². The molecule has 0 fully saturated rings. The number of pyridine rings is 1. The molecule has 4 rings (SSSR count). The van der Waals surface area contributed by atoms with Gasteiger partial charge in [-0.15, -0.1) is 0 Å². The normalized spacial score (nSPS) is 15.9. The predicted octanol–water partition coefficient (Wildman–Crippen LogP) is 3.45. The SMILES string of the molecule is Cc1cc(NC(=O)COC(=O)c2c3c(nc4ccccc24)CC[C@@H](C)C3)no1. The summed E-state index contributed by atoms with van der Waals surface area (Å²) in [5.41, 5.74) is 3.18. The summed E-state index contributed by atoms with van der Waals surface area (Å²) in [5.74, 6) is 0.369. The van der Waals surface area contributed by atoms with Crippen LogP contribution >= 0.6 is 0 Å². The largest absolute Gasteiger partial charge is 0.452 e. The maximum atomic E-state index is 12.9. The minimum Gasteiger partial charge on any atom is -0.452 e. The van der Waals surface area contributed by atoms with Gasteiger partial charge >= 0.3 is 5.97 Å². The molecule has 0 aliphatic heterocycles. The zero-order valence-electron chi connectivity index (χ0n) is 15.8. The minimum absolute atomic E-state index is 0.291. The summed E-state index contributed by atoms with van der Waals surface area (Å²) in [7, 11) is 0. The molecule has 1 amide bonds. The molecule has 0 saturated carbocycles. The number of benzene rings is 1. The van der Waals surface area contributed by atoms with Crippen molar-refractivity contribution in [2.45, 2.75) is 33.1 Å². The Balaban J connectivity index is 1.58. The number of amides is 1. The number of fused-ring (bicyclic) bond motifs is 2. The highest BCUT2D eigenvalue weighted by molar-refractivity contribution is 6.06. The number of rotatable bonds is 4. The van der Waals surface area contributed by atoms with Crippen LogP contribution < -0.4 is 5.32 Å². The smallest absolute Gasteiger partial charge is 0.339 e. The van der Waals surface area contributed by atoms with Crippen LogP contribution in [0.4, 0.5) is 5.82 Å². The Bertz CT molecular complexity index is 1060. The molecule has 7 heteroatoms. The zero-order chi connectivity index (χ0) is 19.7. The average Bonchev–Trinajstić information content (AvgIpc) is 3.09. The summed E-state index contributed by atoms with van der Waals surface area (Å²) in [5, 5.41) is 6.99. The van der Waals surface area contributed by atoms with Crippen molar-refractivity contribution in [1.82, 2.24) is 10.1 Å². The summed E-state index contributed by atoms with van der Waals surface area (Å²) >= 11 is 0. The Morgan fingerprint density at radius 2 is 2.14 bits per heavy atom. The van der Waals surface area contributed by atoms with Crippen molar-refractivity contribution in [3.8, 4) is 0 Å². The molecule has 1 aromatic carbocycles. The van der Waals surface area contributed by atoms with E-state index >= 15 is 0 Å². The van der Waals surface area contributed by atoms with E-state index < -0.39 is 18.5 Å². The summed E-state index contributed by atoms with van der Waals surface area (Å²) < 4.78 is 10.2. The van der Waals surface area contributed by atoms with Crippen LogP contribution in [0.3, 0.4) is 0 Å². The number of ether oxygens (including phenoxy) is 1. The Morgan fingerprint density at radius 1 is 1.32 bits per heavy atom. The van der Waals surface area contributed by atoms with Crippen molar-refractivity contribution in [1.29, 1.82) is 0 Å². The third kappa shape index (κ3) is 3.60. The second-order valence-corrected chi connectivity index (χ2v) is 7.22. The highest BCUT2D eigenvalue weighted by Gasteiger charge is 2.26. The van der Waals surface area contributed by atoms with E-state index in [2.05, 4.69) is 17.4 Å². The highest BCUT2D eigenvalue weighted by Crippen LogP contribution is 2.32. The van der Waals surface area contributed by atoms with E-state index in [0.717, 1.165) is 41.4 Å². The lowest BCUT2D eigenvalue weighted by molar-refractivity contribution is -0.119. The van der Waals surface area contributed by atoms with Crippen LogP contribution in [0.15, 0.2) is 34.9 Å². The molecule has 1 N–H and O–H groups in total. The van der Waals surface area contributed by atoms with Gasteiger partial charge in [-0.3, -0.25) is 9.78 Å². The van der Waals surface area contributed by atoms with Gasteiger partial charge in [0.1, 0.15) is 5.76 Å². The van der Waals surface area contributed by atoms with Crippen molar-refractivity contribution in [3.63, 3.8) is 0 Å². The van der Waals surface area contributed by atoms with E-state index in [9.17, 15) is 9.59 Å². The number of nitrogens with zero attached hydrogens (tertiary/aromatic N) is 2. The summed E-state index contributed by atoms with van der Waals surface area (Å²) in [6.07, 6.45) is 2.67. The third-order valence-corrected chi connectivity index (χ3v) is 4.94. The zero-order valence-corrected chi connectivity index (χ0v) is 15.8. The van der Waals surface area contributed by atoms with E-state index in [1.54, 1.807) is 13.0 Å². The van der Waals surface area contributed by atoms with Crippen molar-refractivity contribution in [3.05, 3.63) is 52.9 Å². The molecular weight excluding hydrogens is 358 g/mol. The third-order valence-electron chi connectivity index (χ3n) is 4.94. The fraction of sp³-hybridized carbons (Fsp3) is 0.333. The number of anilines is 1. The molecule has 144 valence electrons. The first-order valence-corrected chi connectivity index (χ1v) is 9.32. The fourth-order valence-corrected chi connectivity index (χ4v) is 3.60. The van der Waals surface area contributed by atoms with Gasteiger partial charge in [-0.25, -0.2) is 4.79 Å². The maximum Gasteiger partial charge on any atom is 0.339 e. The van der Waals surface area contributed by atoms with Gasteiger partial charge in [-0.1, -0.05) is 30.3 Å². The first kappa shape index (κ1) is 18.2. The van der Waals surface area contributed by atoms with Gasteiger partial charge in [0.05, 0.1) is 11.1 Å². The van der Waals surface area contributed by atoms with Crippen LogP contribution in [-0.4, -0.2) is 28.6 Å². The van der Waals surface area contributed by atoms with E-state index in [0.29, 0.717) is 23.1 Å². The lowest BCUT2D eigenvalue weighted by Crippen LogP contribution is -2.23. The van der Waals surface area contributed by atoms with E-state index in [-0.39, 0.29) is 0 Å². The Kier molecular flexibility index (Phi) is 4.81. The molecule has 0 spiro atoms. The molecule has 1 atom stereocenters. The second kappa shape index (κ2) is 7.42. The van der Waals surface area contributed by atoms with E-state index in [1.165, 1.54) is 0 Å². The number of aromatic nitrogens is 2. The number of esters is 1. The lowest BCUT2D eigenvalue weighted by atomic mass is 9.84. The van der Waals surface area contributed by atoms with Gasteiger partial charge in [-0.05, 0) is 43.7 Å². The van der Waals surface area contributed by atoms with Gasteiger partial charge in [-0.2, -0.15) is 0 Å². The van der Waals surface area contributed by atoms with Crippen LogP contribution in [0, 0.1) is 12.8 Å². The Hall–Kier alpha value is -3.22. The van der Waals surface area contributed by atoms with Crippen LogP contribution in [0.1, 0.15) is 40.7 Å². The Morgan fingerprint density at radius 3 is 2.93 bits per heavy atom. The van der Waals surface area contributed by atoms with E-state index in [1.807, 2.05) is 24.3 Å². The molecule has 7 nitrogen and oxygen atoms in total. The minimum atomic E-state index is -0.504. The number of carbonyl (C=O) groups excluding carboxylic acids is 2. The number of carbonyl (C=O) groups is 2. The first-order valence-electron chi connectivity index (χ1n) is 9.32. The monoisotopic (exact) mass is 379 g/mol. The van der Waals surface area contributed by atoms with Crippen LogP contribution in [0.25, 0.3) is 10.9 Å². The fourth-order valence-electron chi connectivity index (χ4n) is 3.60. The predicted molar refractivity (Wildman–Crippen MR) is 103 cm³/mol. The van der Waals surface area contributed by atoms with Crippen molar-refractivity contribution in [2.75, 3.05) is 11.9 Å². The number of para-hydroxylation sites is 1. The summed E-state index contributed by atoms with van der Waals surface area (Å²) in [4.78, 5) is 29.8. The summed E-state index contributed by atoms with van der Waals surface area (Å²) in [6.45, 7) is 3.49. The summed E-state index contributed by atoms with van der Waals surface area (Å²) in [6, 6.07) is 9.13. The first-order chi connectivity index (χ1) is 13.5. The van der Waals surface area contributed by atoms with E-state index in [4.69, 9.17) is 14.2 Å². The topological polar surface area (TPSA) is 94.3 Å². The van der Waals surface area contributed by atoms with Crippen molar-refractivity contribution in [2.24, 2.45) is 5.92 Å². The lowest BCUT2D eigenvalue weighted by Gasteiger charge is -2.24. The molecule has 3 aromatic rings. The molecule has 28 heavy (non-hydrogen) atoms. The van der Waals surface area contributed by atoms with Gasteiger partial charge in [0.2, 0.25) is 0 Å². The quantitative estimate of drug-likeness (QED) is 0.698. The van der Waals surface area contributed by atoms with Crippen molar-refractivity contribution < 1.29 is 18.8 Å². The highest BCUT2D eigenvalue weighted by atomic mass is 16.5. The van der Waals surface area contributed by atoms with Crippen LogP contribution in [0.2, 0.25) is 0 Å². The standard InChI is InChI=1S/C21H21N3O4/c1-12-7-8-17-15(9-12)20(14-5-3-4-6-16(14)22-17)21(26)27-11-19(25)23-18-10-13(2)28-24-18/h3-6,10,12H,7-9,11H2,1-2H3,(H,23,24,25)/t12-/m1/s1. The van der Waals surface area contributed by atoms with Gasteiger partial charge in [0.15, 0.2) is 12.4 Å². The number of aryl methyl sites for hydroxylation is 2. The second-order valence-electron chi connectivity index (χ2n) is 7.22. The van der Waals surface area contributed by atoms with Crippen molar-refractivity contribution >= 4 is 28.6 Å². The molecule has 1 aliphatic rings. The molecule has 0 bridgehead atoms. The molecule has 1 aliphatic carbocycles. The molecule has 0 saturated heterocycles. The number of hydrogen-bond acceptors (Lipinski definition) is 6. The number of nitrogens with one attached hydrogen (secondary N) is 1.